The largest absolute Gasteiger partial charge is 0.481 e. The van der Waals surface area contributed by atoms with E-state index in [0.29, 0.717) is 13.0 Å². The van der Waals surface area contributed by atoms with E-state index in [-0.39, 0.29) is 18.4 Å². The molecule has 1 unspecified atom stereocenters. The van der Waals surface area contributed by atoms with E-state index < -0.39 is 5.97 Å². The first kappa shape index (κ1) is 15.8. The smallest absolute Gasteiger partial charge is 0.303 e. The summed E-state index contributed by atoms with van der Waals surface area (Å²) >= 11 is 0. The molecule has 0 bridgehead atoms. The highest BCUT2D eigenvalue weighted by Crippen LogP contribution is 2.37. The maximum atomic E-state index is 12.7. The molecule has 0 aromatic heterocycles. The van der Waals surface area contributed by atoms with Crippen LogP contribution < -0.4 is 10.2 Å². The number of amides is 1. The van der Waals surface area contributed by atoms with E-state index in [1.807, 2.05) is 6.92 Å². The molecule has 1 amide bonds. The number of hydrogen-bond acceptors (Lipinski definition) is 3. The van der Waals surface area contributed by atoms with Crippen molar-refractivity contribution >= 4 is 23.3 Å². The Bertz CT molecular complexity index is 627. The van der Waals surface area contributed by atoms with Gasteiger partial charge in [0.15, 0.2) is 0 Å². The lowest BCUT2D eigenvalue weighted by atomic mass is 9.89. The molecular formula is C18H24N2O3. The third-order valence-corrected chi connectivity index (χ3v) is 4.83. The van der Waals surface area contributed by atoms with Gasteiger partial charge in [-0.1, -0.05) is 6.92 Å². The zero-order valence-corrected chi connectivity index (χ0v) is 13.6. The second kappa shape index (κ2) is 6.60. The molecule has 0 spiro atoms. The van der Waals surface area contributed by atoms with E-state index in [1.165, 1.54) is 24.0 Å². The molecule has 1 heterocycles. The number of hydrogen-bond donors (Lipinski definition) is 2. The molecule has 5 heteroatoms. The summed E-state index contributed by atoms with van der Waals surface area (Å²) in [6.07, 6.45) is 5.89. The van der Waals surface area contributed by atoms with Gasteiger partial charge in [0.05, 0.1) is 11.4 Å². The number of carbonyl (C=O) groups excluding carboxylic acids is 1. The fourth-order valence-corrected chi connectivity index (χ4v) is 3.56. The first-order chi connectivity index (χ1) is 11.1. The predicted molar refractivity (Wildman–Crippen MR) is 90.0 cm³/mol. The highest BCUT2D eigenvalue weighted by molar-refractivity contribution is 6.05. The minimum Gasteiger partial charge on any atom is -0.481 e. The Balaban J connectivity index is 1.91. The average molecular weight is 316 g/mol. The van der Waals surface area contributed by atoms with Crippen LogP contribution in [0.5, 0.6) is 0 Å². The number of aliphatic carboxylic acids is 1. The molecule has 1 aromatic carbocycles. The summed E-state index contributed by atoms with van der Waals surface area (Å²) in [5.74, 6) is -0.758. The highest BCUT2D eigenvalue weighted by atomic mass is 16.4. The molecule has 124 valence electrons. The summed E-state index contributed by atoms with van der Waals surface area (Å²) in [5.41, 5.74) is 4.66. The lowest BCUT2D eigenvalue weighted by Crippen LogP contribution is -2.47. The third kappa shape index (κ3) is 3.19. The van der Waals surface area contributed by atoms with Gasteiger partial charge in [-0.25, -0.2) is 0 Å². The number of fused-ring (bicyclic) bond motifs is 2. The van der Waals surface area contributed by atoms with Crippen molar-refractivity contribution in [2.24, 2.45) is 0 Å². The van der Waals surface area contributed by atoms with Gasteiger partial charge >= 0.3 is 5.97 Å². The van der Waals surface area contributed by atoms with Gasteiger partial charge in [-0.15, -0.1) is 0 Å². The van der Waals surface area contributed by atoms with Crippen LogP contribution in [-0.4, -0.2) is 29.6 Å². The number of aryl methyl sites for hydroxylation is 2. The van der Waals surface area contributed by atoms with Gasteiger partial charge in [0.1, 0.15) is 6.04 Å². The van der Waals surface area contributed by atoms with Gasteiger partial charge in [-0.3, -0.25) is 9.59 Å². The summed E-state index contributed by atoms with van der Waals surface area (Å²) in [7, 11) is 0. The van der Waals surface area contributed by atoms with Crippen molar-refractivity contribution in [3.05, 3.63) is 23.3 Å². The summed E-state index contributed by atoms with van der Waals surface area (Å²) in [6.45, 7) is 2.46. The fourth-order valence-electron chi connectivity index (χ4n) is 3.56. The van der Waals surface area contributed by atoms with Crippen LogP contribution in [-0.2, 0) is 22.4 Å². The van der Waals surface area contributed by atoms with Crippen LogP contribution in [0.2, 0.25) is 0 Å². The molecule has 1 aliphatic carbocycles. The Labute approximate surface area is 136 Å². The summed E-state index contributed by atoms with van der Waals surface area (Å²) < 4.78 is 0. The Kier molecular flexibility index (Phi) is 4.55. The number of nitrogens with one attached hydrogen (secondary N) is 1. The van der Waals surface area contributed by atoms with Gasteiger partial charge in [0.25, 0.3) is 0 Å². The molecule has 0 saturated carbocycles. The van der Waals surface area contributed by atoms with Crippen molar-refractivity contribution in [1.82, 2.24) is 0 Å². The lowest BCUT2D eigenvalue weighted by molar-refractivity contribution is -0.137. The molecular weight excluding hydrogens is 292 g/mol. The quantitative estimate of drug-likeness (QED) is 0.876. The van der Waals surface area contributed by atoms with Crippen molar-refractivity contribution in [1.29, 1.82) is 0 Å². The number of benzene rings is 1. The SMILES string of the molecule is CCC1Nc2cc3c(cc2N(CCCC(=O)O)C1=O)CCCC3. The van der Waals surface area contributed by atoms with Crippen molar-refractivity contribution < 1.29 is 14.7 Å². The zero-order chi connectivity index (χ0) is 16.4. The van der Waals surface area contributed by atoms with Crippen LogP contribution >= 0.6 is 0 Å². The second-order valence-electron chi connectivity index (χ2n) is 6.44. The molecule has 3 rings (SSSR count). The van der Waals surface area contributed by atoms with Crippen molar-refractivity contribution in [3.8, 4) is 0 Å². The molecule has 0 radical (unpaired) electrons. The van der Waals surface area contributed by atoms with E-state index >= 15 is 0 Å². The van der Waals surface area contributed by atoms with Gasteiger partial charge in [-0.05, 0) is 61.8 Å². The highest BCUT2D eigenvalue weighted by Gasteiger charge is 2.32. The minimum absolute atomic E-state index is 0.0566. The molecule has 5 nitrogen and oxygen atoms in total. The molecule has 0 fully saturated rings. The molecule has 0 saturated heterocycles. The van der Waals surface area contributed by atoms with Crippen molar-refractivity contribution in [2.75, 3.05) is 16.8 Å². The Morgan fingerprint density at radius 3 is 2.65 bits per heavy atom. The summed E-state index contributed by atoms with van der Waals surface area (Å²) in [5, 5.41) is 12.2. The Morgan fingerprint density at radius 1 is 1.30 bits per heavy atom. The zero-order valence-electron chi connectivity index (χ0n) is 13.6. The molecule has 23 heavy (non-hydrogen) atoms. The lowest BCUT2D eigenvalue weighted by Gasteiger charge is -2.36. The Hall–Kier alpha value is -2.04. The van der Waals surface area contributed by atoms with Gasteiger partial charge in [-0.2, -0.15) is 0 Å². The summed E-state index contributed by atoms with van der Waals surface area (Å²) in [4.78, 5) is 25.2. The maximum absolute atomic E-state index is 12.7. The molecule has 2 aliphatic rings. The van der Waals surface area contributed by atoms with Gasteiger partial charge < -0.3 is 15.3 Å². The molecule has 2 N–H and O–H groups in total. The van der Waals surface area contributed by atoms with Crippen LogP contribution in [0.4, 0.5) is 11.4 Å². The summed E-state index contributed by atoms with van der Waals surface area (Å²) in [6, 6.07) is 4.12. The first-order valence-corrected chi connectivity index (χ1v) is 8.55. The number of anilines is 2. The molecule has 1 aliphatic heterocycles. The first-order valence-electron chi connectivity index (χ1n) is 8.55. The number of nitrogens with zero attached hydrogens (tertiary/aromatic N) is 1. The third-order valence-electron chi connectivity index (χ3n) is 4.83. The van der Waals surface area contributed by atoms with E-state index in [0.717, 1.165) is 30.6 Å². The van der Waals surface area contributed by atoms with E-state index in [9.17, 15) is 9.59 Å². The maximum Gasteiger partial charge on any atom is 0.303 e. The molecule has 1 aromatic rings. The Morgan fingerprint density at radius 2 is 2.00 bits per heavy atom. The average Bonchev–Trinajstić information content (AvgIpc) is 2.54. The van der Waals surface area contributed by atoms with Gasteiger partial charge in [0.2, 0.25) is 5.91 Å². The standard InChI is InChI=1S/C18H24N2O3/c1-2-14-18(23)20(9-5-8-17(21)22)16-11-13-7-4-3-6-12(13)10-15(16)19-14/h10-11,14,19H,2-9H2,1H3,(H,21,22). The normalized spacial score (nSPS) is 19.8. The number of carboxylic acids is 1. The van der Waals surface area contributed by atoms with Crippen molar-refractivity contribution in [2.45, 2.75) is 57.9 Å². The molecule has 1 atom stereocenters. The second-order valence-corrected chi connectivity index (χ2v) is 6.44. The van der Waals surface area contributed by atoms with Crippen LogP contribution in [0.25, 0.3) is 0 Å². The minimum atomic E-state index is -0.815. The van der Waals surface area contributed by atoms with Crippen molar-refractivity contribution in [3.63, 3.8) is 0 Å². The number of carboxylic acid groups (broad SMARTS) is 1. The number of carbonyl (C=O) groups is 2. The monoisotopic (exact) mass is 316 g/mol. The van der Waals surface area contributed by atoms with Crippen LogP contribution in [0.1, 0.15) is 50.2 Å². The van der Waals surface area contributed by atoms with Gasteiger partial charge in [0, 0.05) is 13.0 Å². The van der Waals surface area contributed by atoms with Crippen LogP contribution in [0.15, 0.2) is 12.1 Å². The predicted octanol–water partition coefficient (Wildman–Crippen LogP) is 2.97. The van der Waals surface area contributed by atoms with Crippen LogP contribution in [0.3, 0.4) is 0 Å². The fraction of sp³-hybridized carbons (Fsp3) is 0.556. The number of rotatable bonds is 5. The van der Waals surface area contributed by atoms with E-state index in [4.69, 9.17) is 5.11 Å². The topological polar surface area (TPSA) is 69.6 Å². The van der Waals surface area contributed by atoms with E-state index in [1.54, 1.807) is 4.90 Å². The van der Waals surface area contributed by atoms with E-state index in [2.05, 4.69) is 17.4 Å². The van der Waals surface area contributed by atoms with Crippen LogP contribution in [0, 0.1) is 0 Å².